The molecule has 0 saturated heterocycles. The first-order chi connectivity index (χ1) is 13.7. The SMILES string of the molecule is CCCC1=NS(=O)(=O)c2cc(NC(=O)C(C)C)ccc2N1Cc1ccc(F)cc1. The summed E-state index contributed by atoms with van der Waals surface area (Å²) >= 11 is 0. The van der Waals surface area contributed by atoms with Gasteiger partial charge in [0.15, 0.2) is 0 Å². The summed E-state index contributed by atoms with van der Waals surface area (Å²) in [6, 6.07) is 10.9. The van der Waals surface area contributed by atoms with Gasteiger partial charge >= 0.3 is 0 Å². The fraction of sp³-hybridized carbons (Fsp3) is 0.333. The van der Waals surface area contributed by atoms with Crippen LogP contribution in [0.25, 0.3) is 0 Å². The van der Waals surface area contributed by atoms with Crippen molar-refractivity contribution in [3.63, 3.8) is 0 Å². The van der Waals surface area contributed by atoms with E-state index in [2.05, 4.69) is 9.71 Å². The summed E-state index contributed by atoms with van der Waals surface area (Å²) in [4.78, 5) is 13.9. The van der Waals surface area contributed by atoms with Crippen LogP contribution in [-0.2, 0) is 21.4 Å². The number of nitrogens with one attached hydrogen (secondary N) is 1. The first kappa shape index (κ1) is 21.0. The maximum Gasteiger partial charge on any atom is 0.286 e. The number of halogens is 1. The maximum atomic E-state index is 13.3. The molecule has 1 amide bonds. The number of amides is 1. The fourth-order valence-corrected chi connectivity index (χ4v) is 4.32. The Hall–Kier alpha value is -2.74. The molecule has 0 atom stereocenters. The summed E-state index contributed by atoms with van der Waals surface area (Å²) in [5, 5.41) is 2.72. The van der Waals surface area contributed by atoms with E-state index in [1.807, 2.05) is 11.8 Å². The number of carbonyl (C=O) groups is 1. The van der Waals surface area contributed by atoms with Gasteiger partial charge in [-0.3, -0.25) is 4.79 Å². The average molecular weight is 418 g/mol. The Morgan fingerprint density at radius 1 is 1.17 bits per heavy atom. The summed E-state index contributed by atoms with van der Waals surface area (Å²) in [6.07, 6.45) is 1.22. The van der Waals surface area contributed by atoms with Gasteiger partial charge in [0.1, 0.15) is 16.5 Å². The molecule has 0 fully saturated rings. The highest BCUT2D eigenvalue weighted by atomic mass is 32.2. The zero-order valence-corrected chi connectivity index (χ0v) is 17.5. The largest absolute Gasteiger partial charge is 0.326 e. The summed E-state index contributed by atoms with van der Waals surface area (Å²) in [5.41, 5.74) is 1.73. The second kappa shape index (κ2) is 8.32. The number of fused-ring (bicyclic) bond motifs is 1. The molecule has 8 heteroatoms. The first-order valence-electron chi connectivity index (χ1n) is 9.52. The molecular formula is C21H24FN3O3S. The van der Waals surface area contributed by atoms with Gasteiger partial charge in [-0.05, 0) is 42.3 Å². The fourth-order valence-electron chi connectivity index (χ4n) is 3.04. The molecule has 154 valence electrons. The zero-order chi connectivity index (χ0) is 21.2. The van der Waals surface area contributed by atoms with E-state index in [0.717, 1.165) is 12.0 Å². The number of rotatable bonds is 6. The Labute approximate surface area is 170 Å². The molecule has 3 rings (SSSR count). The first-order valence-corrected chi connectivity index (χ1v) is 11.0. The Morgan fingerprint density at radius 2 is 1.86 bits per heavy atom. The van der Waals surface area contributed by atoms with E-state index in [0.29, 0.717) is 30.2 Å². The molecule has 6 nitrogen and oxygen atoms in total. The lowest BCUT2D eigenvalue weighted by molar-refractivity contribution is -0.118. The van der Waals surface area contributed by atoms with Gasteiger partial charge in [-0.15, -0.1) is 4.40 Å². The van der Waals surface area contributed by atoms with Gasteiger partial charge in [-0.2, -0.15) is 8.42 Å². The van der Waals surface area contributed by atoms with Crippen LogP contribution in [0, 0.1) is 11.7 Å². The monoisotopic (exact) mass is 417 g/mol. The van der Waals surface area contributed by atoms with Crippen molar-refractivity contribution < 1.29 is 17.6 Å². The Morgan fingerprint density at radius 3 is 2.48 bits per heavy atom. The molecule has 1 aliphatic rings. The highest BCUT2D eigenvalue weighted by molar-refractivity contribution is 7.90. The van der Waals surface area contributed by atoms with Gasteiger partial charge < -0.3 is 10.2 Å². The van der Waals surface area contributed by atoms with Crippen molar-refractivity contribution in [1.82, 2.24) is 0 Å². The van der Waals surface area contributed by atoms with E-state index in [1.165, 1.54) is 18.2 Å². The van der Waals surface area contributed by atoms with Crippen molar-refractivity contribution in [3.8, 4) is 0 Å². The number of hydrogen-bond acceptors (Lipinski definition) is 4. The van der Waals surface area contributed by atoms with Crippen molar-refractivity contribution in [1.29, 1.82) is 0 Å². The third kappa shape index (κ3) is 4.64. The molecule has 0 bridgehead atoms. The Bertz CT molecular complexity index is 1050. The Kier molecular flexibility index (Phi) is 6.02. The molecule has 0 saturated carbocycles. The normalized spacial score (nSPS) is 15.1. The van der Waals surface area contributed by atoms with E-state index in [-0.39, 0.29) is 22.5 Å². The van der Waals surface area contributed by atoms with Crippen LogP contribution >= 0.6 is 0 Å². The minimum Gasteiger partial charge on any atom is -0.326 e. The third-order valence-electron chi connectivity index (χ3n) is 4.59. The van der Waals surface area contributed by atoms with Crippen LogP contribution in [0.5, 0.6) is 0 Å². The molecule has 0 radical (unpaired) electrons. The summed E-state index contributed by atoms with van der Waals surface area (Å²) < 4.78 is 42.9. The van der Waals surface area contributed by atoms with Gasteiger partial charge in [0.2, 0.25) is 5.91 Å². The molecule has 1 N–H and O–H groups in total. The lowest BCUT2D eigenvalue weighted by Crippen LogP contribution is -2.35. The minimum atomic E-state index is -3.89. The summed E-state index contributed by atoms with van der Waals surface area (Å²) in [7, 11) is -3.89. The van der Waals surface area contributed by atoms with Crippen LogP contribution in [-0.4, -0.2) is 20.2 Å². The Balaban J connectivity index is 2.03. The summed E-state index contributed by atoms with van der Waals surface area (Å²) in [6.45, 7) is 5.83. The lowest BCUT2D eigenvalue weighted by atomic mass is 10.1. The van der Waals surface area contributed by atoms with Crippen molar-refractivity contribution >= 4 is 33.1 Å². The quantitative estimate of drug-likeness (QED) is 0.759. The van der Waals surface area contributed by atoms with Gasteiger partial charge in [0.25, 0.3) is 10.0 Å². The molecule has 0 aromatic heterocycles. The van der Waals surface area contributed by atoms with E-state index < -0.39 is 10.0 Å². The molecule has 0 spiro atoms. The van der Waals surface area contributed by atoms with Crippen LogP contribution < -0.4 is 10.2 Å². The van der Waals surface area contributed by atoms with Crippen LogP contribution in [0.3, 0.4) is 0 Å². The van der Waals surface area contributed by atoms with E-state index in [1.54, 1.807) is 38.1 Å². The molecule has 1 aliphatic heterocycles. The van der Waals surface area contributed by atoms with Crippen LogP contribution in [0.2, 0.25) is 0 Å². The minimum absolute atomic E-state index is 0.0426. The number of sulfonamides is 1. The van der Waals surface area contributed by atoms with E-state index in [9.17, 15) is 17.6 Å². The van der Waals surface area contributed by atoms with E-state index in [4.69, 9.17) is 0 Å². The van der Waals surface area contributed by atoms with Gasteiger partial charge in [0, 0.05) is 24.6 Å². The van der Waals surface area contributed by atoms with E-state index >= 15 is 0 Å². The molecule has 1 heterocycles. The van der Waals surface area contributed by atoms with Crippen molar-refractivity contribution in [2.45, 2.75) is 45.1 Å². The van der Waals surface area contributed by atoms with Crippen molar-refractivity contribution in [2.75, 3.05) is 10.2 Å². The molecule has 0 unspecified atom stereocenters. The standard InChI is InChI=1S/C21H24FN3O3S/c1-4-5-20-24-29(27,28)19-12-17(23-21(26)14(2)3)10-11-18(19)25(20)13-15-6-8-16(22)9-7-15/h6-12,14H,4-5,13H2,1-3H3,(H,23,26). The van der Waals surface area contributed by atoms with Gasteiger partial charge in [0.05, 0.1) is 5.69 Å². The third-order valence-corrected chi connectivity index (χ3v) is 5.92. The second-order valence-corrected chi connectivity index (χ2v) is 8.84. The number of carbonyl (C=O) groups excluding carboxylic acids is 1. The molecule has 0 aliphatic carbocycles. The highest BCUT2D eigenvalue weighted by Crippen LogP contribution is 2.35. The number of nitrogens with zero attached hydrogens (tertiary/aromatic N) is 2. The number of hydrogen-bond donors (Lipinski definition) is 1. The second-order valence-electron chi connectivity index (χ2n) is 7.27. The molecule has 2 aromatic rings. The molecule has 2 aromatic carbocycles. The average Bonchev–Trinajstić information content (AvgIpc) is 2.66. The predicted molar refractivity (Wildman–Crippen MR) is 112 cm³/mol. The van der Waals surface area contributed by atoms with Crippen LogP contribution in [0.4, 0.5) is 15.8 Å². The van der Waals surface area contributed by atoms with Gasteiger partial charge in [-0.1, -0.05) is 32.9 Å². The van der Waals surface area contributed by atoms with Crippen molar-refractivity contribution in [3.05, 3.63) is 53.8 Å². The smallest absolute Gasteiger partial charge is 0.286 e. The number of benzene rings is 2. The number of amidine groups is 1. The molecule has 29 heavy (non-hydrogen) atoms. The number of anilines is 2. The lowest BCUT2D eigenvalue weighted by Gasteiger charge is -2.31. The van der Waals surface area contributed by atoms with Gasteiger partial charge in [-0.25, -0.2) is 4.39 Å². The summed E-state index contributed by atoms with van der Waals surface area (Å²) in [5.74, 6) is -0.310. The zero-order valence-electron chi connectivity index (χ0n) is 16.6. The maximum absolute atomic E-state index is 13.3. The van der Waals surface area contributed by atoms with Crippen LogP contribution in [0.1, 0.15) is 39.2 Å². The topological polar surface area (TPSA) is 78.8 Å². The van der Waals surface area contributed by atoms with Crippen molar-refractivity contribution in [2.24, 2.45) is 10.3 Å². The highest BCUT2D eigenvalue weighted by Gasteiger charge is 2.31. The van der Waals surface area contributed by atoms with Crippen LogP contribution in [0.15, 0.2) is 51.8 Å². The predicted octanol–water partition coefficient (Wildman–Crippen LogP) is 4.33. The molecular weight excluding hydrogens is 393 g/mol.